The predicted molar refractivity (Wildman–Crippen MR) is 73.2 cm³/mol. The lowest BCUT2D eigenvalue weighted by Gasteiger charge is -2.09. The number of anilines is 1. The Morgan fingerprint density at radius 2 is 2.22 bits per heavy atom. The van der Waals surface area contributed by atoms with E-state index in [2.05, 4.69) is 21.2 Å². The highest BCUT2D eigenvalue weighted by molar-refractivity contribution is 9.10. The van der Waals surface area contributed by atoms with Gasteiger partial charge in [0.05, 0.1) is 11.8 Å². The number of hydrogen-bond donors (Lipinski definition) is 2. The molecule has 0 aliphatic carbocycles. The van der Waals surface area contributed by atoms with E-state index >= 15 is 0 Å². The molecule has 0 spiro atoms. The van der Waals surface area contributed by atoms with Gasteiger partial charge in [0.25, 0.3) is 5.91 Å². The van der Waals surface area contributed by atoms with E-state index in [1.807, 2.05) is 25.1 Å². The van der Waals surface area contributed by atoms with Crippen LogP contribution in [-0.4, -0.2) is 5.91 Å². The molecule has 1 heterocycles. The normalized spacial score (nSPS) is 10.3. The molecular formula is C13H13BrN2O2. The average Bonchev–Trinajstić information content (AvgIpc) is 2.77. The van der Waals surface area contributed by atoms with Crippen LogP contribution < -0.4 is 11.1 Å². The maximum absolute atomic E-state index is 11.9. The molecule has 0 aliphatic rings. The van der Waals surface area contributed by atoms with Crippen molar-refractivity contribution in [2.45, 2.75) is 13.5 Å². The second-order valence-corrected chi connectivity index (χ2v) is 4.64. The van der Waals surface area contributed by atoms with E-state index in [9.17, 15) is 4.79 Å². The summed E-state index contributed by atoms with van der Waals surface area (Å²) >= 11 is 3.17. The average molecular weight is 309 g/mol. The van der Waals surface area contributed by atoms with Crippen molar-refractivity contribution in [3.05, 3.63) is 51.9 Å². The molecule has 0 radical (unpaired) electrons. The maximum atomic E-state index is 11.9. The Balaban J connectivity index is 2.06. The summed E-state index contributed by atoms with van der Waals surface area (Å²) in [6.45, 7) is 2.37. The van der Waals surface area contributed by atoms with Crippen molar-refractivity contribution in [2.75, 3.05) is 5.73 Å². The minimum Gasteiger partial charge on any atom is -0.457 e. The van der Waals surface area contributed by atoms with Crippen molar-refractivity contribution in [3.63, 3.8) is 0 Å². The Hall–Kier alpha value is -1.75. The molecule has 94 valence electrons. The molecule has 0 fully saturated rings. The van der Waals surface area contributed by atoms with E-state index in [-0.39, 0.29) is 5.91 Å². The van der Waals surface area contributed by atoms with Crippen LogP contribution in [0.5, 0.6) is 0 Å². The van der Waals surface area contributed by atoms with Crippen LogP contribution >= 0.6 is 15.9 Å². The Labute approximate surface area is 113 Å². The van der Waals surface area contributed by atoms with Crippen LogP contribution in [0.4, 0.5) is 5.69 Å². The minimum absolute atomic E-state index is 0.183. The number of carbonyl (C=O) groups is 1. The van der Waals surface area contributed by atoms with Gasteiger partial charge in [0.1, 0.15) is 0 Å². The summed E-state index contributed by atoms with van der Waals surface area (Å²) in [4.78, 5) is 11.9. The fourth-order valence-electron chi connectivity index (χ4n) is 1.62. The quantitative estimate of drug-likeness (QED) is 0.857. The Bertz CT molecular complexity index is 578. The van der Waals surface area contributed by atoms with Crippen LogP contribution in [0, 0.1) is 6.92 Å². The highest BCUT2D eigenvalue weighted by Crippen LogP contribution is 2.18. The molecule has 0 unspecified atom stereocenters. The van der Waals surface area contributed by atoms with Gasteiger partial charge in [-0.15, -0.1) is 0 Å². The highest BCUT2D eigenvalue weighted by Gasteiger charge is 2.12. The molecule has 0 saturated heterocycles. The summed E-state index contributed by atoms with van der Waals surface area (Å²) in [6.07, 6.45) is 1.46. The van der Waals surface area contributed by atoms with Gasteiger partial charge in [-0.25, -0.2) is 0 Å². The van der Waals surface area contributed by atoms with Crippen molar-refractivity contribution in [2.24, 2.45) is 0 Å². The van der Waals surface area contributed by atoms with Gasteiger partial charge in [-0.2, -0.15) is 0 Å². The first-order valence-corrected chi connectivity index (χ1v) is 6.24. The van der Waals surface area contributed by atoms with E-state index in [0.29, 0.717) is 16.8 Å². The van der Waals surface area contributed by atoms with Gasteiger partial charge >= 0.3 is 0 Å². The van der Waals surface area contributed by atoms with Crippen LogP contribution in [0.25, 0.3) is 0 Å². The zero-order valence-electron chi connectivity index (χ0n) is 9.87. The van der Waals surface area contributed by atoms with E-state index in [1.165, 1.54) is 6.26 Å². The zero-order chi connectivity index (χ0) is 13.1. The van der Waals surface area contributed by atoms with Crippen molar-refractivity contribution >= 4 is 27.5 Å². The Morgan fingerprint density at radius 3 is 2.89 bits per heavy atom. The number of halogens is 1. The SMILES string of the molecule is Cc1c(N)cccc1CNC(=O)c1ccoc1Br. The lowest BCUT2D eigenvalue weighted by molar-refractivity contribution is 0.0949. The Morgan fingerprint density at radius 1 is 1.44 bits per heavy atom. The molecule has 0 atom stereocenters. The Kier molecular flexibility index (Phi) is 3.72. The van der Waals surface area contributed by atoms with Gasteiger partial charge in [0.2, 0.25) is 0 Å². The number of hydrogen-bond acceptors (Lipinski definition) is 3. The topological polar surface area (TPSA) is 68.3 Å². The lowest BCUT2D eigenvalue weighted by atomic mass is 10.1. The predicted octanol–water partition coefficient (Wildman–Crippen LogP) is 2.86. The minimum atomic E-state index is -0.183. The van der Waals surface area contributed by atoms with Crippen molar-refractivity contribution < 1.29 is 9.21 Å². The summed E-state index contributed by atoms with van der Waals surface area (Å²) < 4.78 is 5.45. The first kappa shape index (κ1) is 12.7. The van der Waals surface area contributed by atoms with Crippen molar-refractivity contribution in [1.29, 1.82) is 0 Å². The number of furan rings is 1. The van der Waals surface area contributed by atoms with Gasteiger partial charge in [-0.3, -0.25) is 4.79 Å². The van der Waals surface area contributed by atoms with Gasteiger partial charge in [0, 0.05) is 12.2 Å². The van der Waals surface area contributed by atoms with E-state index in [1.54, 1.807) is 6.07 Å². The molecule has 0 bridgehead atoms. The molecule has 0 aliphatic heterocycles. The molecule has 4 nitrogen and oxygen atoms in total. The molecule has 18 heavy (non-hydrogen) atoms. The summed E-state index contributed by atoms with van der Waals surface area (Å²) in [6, 6.07) is 7.27. The summed E-state index contributed by atoms with van der Waals surface area (Å²) in [5.74, 6) is -0.183. The van der Waals surface area contributed by atoms with E-state index < -0.39 is 0 Å². The van der Waals surface area contributed by atoms with Crippen LogP contribution in [0.1, 0.15) is 21.5 Å². The smallest absolute Gasteiger partial charge is 0.256 e. The van der Waals surface area contributed by atoms with Gasteiger partial charge in [-0.05, 0) is 46.1 Å². The summed E-state index contributed by atoms with van der Waals surface area (Å²) in [5.41, 5.74) is 9.01. The number of amides is 1. The molecule has 1 aromatic carbocycles. The molecule has 2 rings (SSSR count). The number of nitrogens with two attached hydrogens (primary N) is 1. The highest BCUT2D eigenvalue weighted by atomic mass is 79.9. The van der Waals surface area contributed by atoms with Crippen LogP contribution in [0.15, 0.2) is 39.6 Å². The first-order valence-electron chi connectivity index (χ1n) is 5.44. The number of nitrogens with one attached hydrogen (secondary N) is 1. The number of benzene rings is 1. The molecule has 2 aromatic rings. The molecule has 3 N–H and O–H groups in total. The van der Waals surface area contributed by atoms with E-state index in [0.717, 1.165) is 16.8 Å². The number of rotatable bonds is 3. The van der Waals surface area contributed by atoms with Gasteiger partial charge < -0.3 is 15.5 Å². The van der Waals surface area contributed by atoms with Gasteiger partial charge in [0.15, 0.2) is 4.67 Å². The lowest BCUT2D eigenvalue weighted by Crippen LogP contribution is -2.23. The van der Waals surface area contributed by atoms with Crippen molar-refractivity contribution in [1.82, 2.24) is 5.32 Å². The largest absolute Gasteiger partial charge is 0.457 e. The van der Waals surface area contributed by atoms with Crippen molar-refractivity contribution in [3.8, 4) is 0 Å². The fraction of sp³-hybridized carbons (Fsp3) is 0.154. The molecule has 1 amide bonds. The third kappa shape index (κ3) is 2.56. The van der Waals surface area contributed by atoms with Gasteiger partial charge in [-0.1, -0.05) is 12.1 Å². The second-order valence-electron chi connectivity index (χ2n) is 3.92. The summed E-state index contributed by atoms with van der Waals surface area (Å²) in [7, 11) is 0. The summed E-state index contributed by atoms with van der Waals surface area (Å²) in [5, 5.41) is 2.83. The number of carbonyl (C=O) groups excluding carboxylic acids is 1. The molecule has 1 aromatic heterocycles. The van der Waals surface area contributed by atoms with Crippen LogP contribution in [-0.2, 0) is 6.54 Å². The molecule has 0 saturated carbocycles. The van der Waals surface area contributed by atoms with Crippen LogP contribution in [0.2, 0.25) is 0 Å². The maximum Gasteiger partial charge on any atom is 0.256 e. The van der Waals surface area contributed by atoms with E-state index in [4.69, 9.17) is 10.2 Å². The fourth-order valence-corrected chi connectivity index (χ4v) is 2.04. The third-order valence-electron chi connectivity index (χ3n) is 2.79. The number of nitrogen functional groups attached to an aromatic ring is 1. The molecular weight excluding hydrogens is 296 g/mol. The standard InChI is InChI=1S/C13H13BrN2O2/c1-8-9(3-2-4-11(8)15)7-16-13(17)10-5-6-18-12(10)14/h2-6H,7,15H2,1H3,(H,16,17). The zero-order valence-corrected chi connectivity index (χ0v) is 11.5. The third-order valence-corrected chi connectivity index (χ3v) is 3.40. The monoisotopic (exact) mass is 308 g/mol. The van der Waals surface area contributed by atoms with Crippen LogP contribution in [0.3, 0.4) is 0 Å². The molecule has 5 heteroatoms. The second kappa shape index (κ2) is 5.27. The first-order chi connectivity index (χ1) is 8.59.